The summed E-state index contributed by atoms with van der Waals surface area (Å²) in [5, 5.41) is 3.22. The highest BCUT2D eigenvalue weighted by Gasteiger charge is 2.13. The van der Waals surface area contributed by atoms with Crippen LogP contribution >= 0.6 is 0 Å². The predicted octanol–water partition coefficient (Wildman–Crippen LogP) is 2.92. The van der Waals surface area contributed by atoms with E-state index in [1.54, 1.807) is 0 Å². The molecule has 0 spiro atoms. The zero-order valence-corrected chi connectivity index (χ0v) is 12.4. The van der Waals surface area contributed by atoms with Gasteiger partial charge in [-0.05, 0) is 24.9 Å². The van der Waals surface area contributed by atoms with E-state index in [0.29, 0.717) is 11.8 Å². The third-order valence-electron chi connectivity index (χ3n) is 2.76. The van der Waals surface area contributed by atoms with Gasteiger partial charge in [-0.25, -0.2) is 0 Å². The normalized spacial score (nSPS) is 11.3. The number of hydrogen-bond donors (Lipinski definition) is 1. The van der Waals surface area contributed by atoms with Gasteiger partial charge in [-0.3, -0.25) is 4.98 Å². The second-order valence-electron chi connectivity index (χ2n) is 5.73. The minimum atomic E-state index is 0.666. The second-order valence-corrected chi connectivity index (χ2v) is 5.73. The Kier molecular flexibility index (Phi) is 6.13. The summed E-state index contributed by atoms with van der Waals surface area (Å²) in [4.78, 5) is 6.73. The molecule has 0 aromatic carbocycles. The lowest BCUT2D eigenvalue weighted by molar-refractivity contribution is 0.550. The molecule has 1 rings (SSSR count). The van der Waals surface area contributed by atoms with E-state index in [1.165, 1.54) is 11.3 Å². The Morgan fingerprint density at radius 2 is 1.78 bits per heavy atom. The maximum atomic E-state index is 4.24. The molecule has 0 unspecified atom stereocenters. The molecule has 102 valence electrons. The molecule has 1 heterocycles. The van der Waals surface area contributed by atoms with Gasteiger partial charge in [0.1, 0.15) is 0 Å². The van der Waals surface area contributed by atoms with Crippen molar-refractivity contribution >= 4 is 5.69 Å². The van der Waals surface area contributed by atoms with Gasteiger partial charge in [-0.2, -0.15) is 0 Å². The first-order valence-electron chi connectivity index (χ1n) is 6.87. The summed E-state index contributed by atoms with van der Waals surface area (Å²) >= 11 is 0. The lowest BCUT2D eigenvalue weighted by Crippen LogP contribution is -2.32. The highest BCUT2D eigenvalue weighted by molar-refractivity contribution is 5.52. The summed E-state index contributed by atoms with van der Waals surface area (Å²) < 4.78 is 0. The van der Waals surface area contributed by atoms with Gasteiger partial charge in [0.25, 0.3) is 0 Å². The number of aromatic nitrogens is 1. The van der Waals surface area contributed by atoms with Crippen molar-refractivity contribution in [1.82, 2.24) is 10.3 Å². The van der Waals surface area contributed by atoms with Crippen LogP contribution in [0, 0.1) is 11.8 Å². The van der Waals surface area contributed by atoms with Crippen LogP contribution in [-0.2, 0) is 6.54 Å². The minimum Gasteiger partial charge on any atom is -0.371 e. The van der Waals surface area contributed by atoms with Gasteiger partial charge in [0.2, 0.25) is 0 Å². The molecule has 3 nitrogen and oxygen atoms in total. The van der Waals surface area contributed by atoms with Crippen molar-refractivity contribution in [3.8, 4) is 0 Å². The summed E-state index contributed by atoms with van der Waals surface area (Å²) in [6.07, 6.45) is 3.86. The van der Waals surface area contributed by atoms with Gasteiger partial charge in [-0.1, -0.05) is 27.7 Å². The fourth-order valence-electron chi connectivity index (χ4n) is 2.21. The SMILES string of the molecule is CNCc1cnccc1N(CC(C)C)CC(C)C. The molecule has 0 amide bonds. The van der Waals surface area contributed by atoms with Gasteiger partial charge in [0, 0.05) is 43.3 Å². The zero-order chi connectivity index (χ0) is 13.5. The molecule has 0 aliphatic heterocycles. The average Bonchev–Trinajstić information content (AvgIpc) is 2.28. The highest BCUT2D eigenvalue weighted by Crippen LogP contribution is 2.21. The van der Waals surface area contributed by atoms with E-state index in [0.717, 1.165) is 19.6 Å². The molecule has 0 fully saturated rings. The van der Waals surface area contributed by atoms with Gasteiger partial charge in [0.05, 0.1) is 0 Å². The van der Waals surface area contributed by atoms with Crippen LogP contribution < -0.4 is 10.2 Å². The van der Waals surface area contributed by atoms with E-state index in [4.69, 9.17) is 0 Å². The van der Waals surface area contributed by atoms with Crippen molar-refractivity contribution in [3.63, 3.8) is 0 Å². The fourth-order valence-corrected chi connectivity index (χ4v) is 2.21. The van der Waals surface area contributed by atoms with Crippen molar-refractivity contribution in [2.24, 2.45) is 11.8 Å². The first kappa shape index (κ1) is 15.0. The quantitative estimate of drug-likeness (QED) is 0.805. The number of nitrogens with one attached hydrogen (secondary N) is 1. The van der Waals surface area contributed by atoms with Crippen LogP contribution in [0.25, 0.3) is 0 Å². The number of pyridine rings is 1. The maximum absolute atomic E-state index is 4.24. The van der Waals surface area contributed by atoms with E-state index < -0.39 is 0 Å². The molecular weight excluding hydrogens is 222 g/mol. The standard InChI is InChI=1S/C15H27N3/c1-12(2)10-18(11-13(3)4)15-6-7-17-9-14(15)8-16-5/h6-7,9,12-13,16H,8,10-11H2,1-5H3. The molecule has 0 saturated carbocycles. The Bertz CT molecular complexity index is 337. The van der Waals surface area contributed by atoms with Crippen molar-refractivity contribution < 1.29 is 0 Å². The average molecular weight is 249 g/mol. The topological polar surface area (TPSA) is 28.2 Å². The smallest absolute Gasteiger partial charge is 0.0442 e. The van der Waals surface area contributed by atoms with Gasteiger partial charge in [-0.15, -0.1) is 0 Å². The fraction of sp³-hybridized carbons (Fsp3) is 0.667. The zero-order valence-electron chi connectivity index (χ0n) is 12.4. The Morgan fingerprint density at radius 1 is 1.17 bits per heavy atom. The number of hydrogen-bond acceptors (Lipinski definition) is 3. The molecule has 1 aromatic rings. The number of rotatable bonds is 7. The number of anilines is 1. The second kappa shape index (κ2) is 7.37. The summed E-state index contributed by atoms with van der Waals surface area (Å²) in [7, 11) is 1.98. The van der Waals surface area contributed by atoms with Crippen LogP contribution in [0.4, 0.5) is 5.69 Å². The van der Waals surface area contributed by atoms with Gasteiger partial charge in [0.15, 0.2) is 0 Å². The lowest BCUT2D eigenvalue weighted by Gasteiger charge is -2.30. The summed E-state index contributed by atoms with van der Waals surface area (Å²) in [6.45, 7) is 12.1. The van der Waals surface area contributed by atoms with Crippen LogP contribution in [0.5, 0.6) is 0 Å². The monoisotopic (exact) mass is 249 g/mol. The minimum absolute atomic E-state index is 0.666. The Balaban J connectivity index is 2.95. The molecule has 0 radical (unpaired) electrons. The molecule has 1 N–H and O–H groups in total. The molecule has 0 bridgehead atoms. The van der Waals surface area contributed by atoms with Gasteiger partial charge < -0.3 is 10.2 Å². The molecule has 18 heavy (non-hydrogen) atoms. The first-order valence-corrected chi connectivity index (χ1v) is 6.87. The Labute approximate surface area is 112 Å². The molecule has 0 atom stereocenters. The van der Waals surface area contributed by atoms with E-state index >= 15 is 0 Å². The van der Waals surface area contributed by atoms with Crippen LogP contribution in [0.1, 0.15) is 33.3 Å². The molecule has 0 saturated heterocycles. The predicted molar refractivity (Wildman–Crippen MR) is 78.9 cm³/mol. The molecule has 0 aliphatic carbocycles. The molecule has 1 aromatic heterocycles. The summed E-state index contributed by atoms with van der Waals surface area (Å²) in [6, 6.07) is 2.14. The van der Waals surface area contributed by atoms with Gasteiger partial charge >= 0.3 is 0 Å². The number of nitrogens with zero attached hydrogens (tertiary/aromatic N) is 2. The van der Waals surface area contributed by atoms with Crippen molar-refractivity contribution in [2.75, 3.05) is 25.0 Å². The van der Waals surface area contributed by atoms with Crippen molar-refractivity contribution in [2.45, 2.75) is 34.2 Å². The van der Waals surface area contributed by atoms with Crippen LogP contribution in [0.15, 0.2) is 18.5 Å². The molecule has 0 aliphatic rings. The van der Waals surface area contributed by atoms with E-state index in [1.807, 2.05) is 19.4 Å². The van der Waals surface area contributed by atoms with Crippen molar-refractivity contribution in [3.05, 3.63) is 24.0 Å². The summed E-state index contributed by atoms with van der Waals surface area (Å²) in [5.41, 5.74) is 2.60. The summed E-state index contributed by atoms with van der Waals surface area (Å²) in [5.74, 6) is 1.33. The van der Waals surface area contributed by atoms with Crippen LogP contribution in [0.2, 0.25) is 0 Å². The van der Waals surface area contributed by atoms with E-state index in [2.05, 4.69) is 49.0 Å². The highest BCUT2D eigenvalue weighted by atomic mass is 15.1. The maximum Gasteiger partial charge on any atom is 0.0442 e. The van der Waals surface area contributed by atoms with E-state index in [9.17, 15) is 0 Å². The third kappa shape index (κ3) is 4.65. The lowest BCUT2D eigenvalue weighted by atomic mass is 10.1. The first-order chi connectivity index (χ1) is 8.54. The Morgan fingerprint density at radius 3 is 2.28 bits per heavy atom. The Hall–Kier alpha value is -1.09. The third-order valence-corrected chi connectivity index (χ3v) is 2.76. The van der Waals surface area contributed by atoms with Crippen LogP contribution in [-0.4, -0.2) is 25.1 Å². The van der Waals surface area contributed by atoms with Crippen molar-refractivity contribution in [1.29, 1.82) is 0 Å². The van der Waals surface area contributed by atoms with Crippen LogP contribution in [0.3, 0.4) is 0 Å². The largest absolute Gasteiger partial charge is 0.371 e. The molecule has 3 heteroatoms. The molecular formula is C15H27N3. The van der Waals surface area contributed by atoms with E-state index in [-0.39, 0.29) is 0 Å².